The first-order chi connectivity index (χ1) is 29.3. The van der Waals surface area contributed by atoms with Crippen molar-refractivity contribution in [3.63, 3.8) is 0 Å². The van der Waals surface area contributed by atoms with E-state index in [-0.39, 0.29) is 18.9 Å². The summed E-state index contributed by atoms with van der Waals surface area (Å²) in [5, 5.41) is 65.2. The first-order valence-electron chi connectivity index (χ1n) is 25.5. The molecule has 60 heavy (non-hydrogen) atoms. The van der Waals surface area contributed by atoms with Gasteiger partial charge in [0.1, 0.15) is 30.5 Å². The Morgan fingerprint density at radius 1 is 0.567 bits per heavy atom. The molecule has 0 aromatic carbocycles. The smallest absolute Gasteiger partial charge is 0.220 e. The summed E-state index contributed by atoms with van der Waals surface area (Å²) in [6, 6.07) is -1.00. The molecule has 10 nitrogen and oxygen atoms in total. The summed E-state index contributed by atoms with van der Waals surface area (Å²) in [5.74, 6) is -0.263. The summed E-state index contributed by atoms with van der Waals surface area (Å²) in [7, 11) is 0. The van der Waals surface area contributed by atoms with E-state index >= 15 is 0 Å². The van der Waals surface area contributed by atoms with Crippen molar-refractivity contribution in [2.45, 2.75) is 288 Å². The molecule has 0 saturated carbocycles. The number of carbonyl (C=O) groups is 1. The Hall–Kier alpha value is -1.11. The highest BCUT2D eigenvalue weighted by Crippen LogP contribution is 2.23. The summed E-state index contributed by atoms with van der Waals surface area (Å²) in [6.07, 6.45) is 36.6. The molecule has 10 heteroatoms. The zero-order valence-electron chi connectivity index (χ0n) is 38.8. The van der Waals surface area contributed by atoms with Crippen LogP contribution >= 0.6 is 0 Å². The normalized spacial score (nSPS) is 21.1. The molecular formula is C50H97NO9. The molecule has 1 saturated heterocycles. The van der Waals surface area contributed by atoms with E-state index in [4.69, 9.17) is 9.47 Å². The third kappa shape index (κ3) is 30.1. The maximum absolute atomic E-state index is 13.0. The minimum atomic E-state index is -1.61. The van der Waals surface area contributed by atoms with Crippen LogP contribution in [0.25, 0.3) is 0 Å². The van der Waals surface area contributed by atoms with Crippen LogP contribution in [0.3, 0.4) is 0 Å². The SMILES string of the molecule is CCCCCCCCC/C=C/CCCC(O)C(O)C(COC1O[C@H](CO)[C@@H](O)[C@H](O)[C@H]1O)NC(=O)CCCCCCCCCCCCCCCCCCCCCCCCC. The average Bonchev–Trinajstić information content (AvgIpc) is 3.25. The molecular weight excluding hydrogens is 759 g/mol. The van der Waals surface area contributed by atoms with Gasteiger partial charge in [-0.1, -0.05) is 206 Å². The molecule has 0 aliphatic carbocycles. The quantitative estimate of drug-likeness (QED) is 0.0233. The molecule has 4 unspecified atom stereocenters. The predicted molar refractivity (Wildman–Crippen MR) is 246 cm³/mol. The molecule has 7 N–H and O–H groups in total. The summed E-state index contributed by atoms with van der Waals surface area (Å²) in [6.45, 7) is 3.60. The first-order valence-corrected chi connectivity index (χ1v) is 25.5. The standard InChI is InChI=1S/C50H97NO9/c1-3-5-7-9-11-13-15-17-18-19-20-21-22-23-24-25-26-27-29-31-33-35-37-39-45(54)51-42(41-59-50-49(58)48(57)47(56)44(40-52)60-50)46(55)43(53)38-36-34-32-30-28-16-14-12-10-8-6-4-2/h30,32,42-44,46-50,52-53,55-58H,3-29,31,33-41H2,1-2H3,(H,51,54)/b32-30+/t42?,43?,44-,46?,47-,48+,49-,50?/m1/s1. The van der Waals surface area contributed by atoms with Crippen LogP contribution in [-0.4, -0.2) is 98.7 Å². The van der Waals surface area contributed by atoms with E-state index in [1.807, 2.05) is 0 Å². The maximum atomic E-state index is 13.0. The number of aliphatic hydroxyl groups is 6. The Morgan fingerprint density at radius 2 is 0.967 bits per heavy atom. The highest BCUT2D eigenvalue weighted by molar-refractivity contribution is 5.76. The van der Waals surface area contributed by atoms with Gasteiger partial charge in [0.05, 0.1) is 25.4 Å². The lowest BCUT2D eigenvalue weighted by molar-refractivity contribution is -0.303. The molecule has 1 fully saturated rings. The average molecular weight is 856 g/mol. The molecule has 0 spiro atoms. The molecule has 8 atom stereocenters. The number of ether oxygens (including phenoxy) is 2. The number of carbonyl (C=O) groups excluding carboxylic acids is 1. The van der Waals surface area contributed by atoms with Gasteiger partial charge in [0.15, 0.2) is 6.29 Å². The predicted octanol–water partition coefficient (Wildman–Crippen LogP) is 10.3. The van der Waals surface area contributed by atoms with Crippen LogP contribution in [0, 0.1) is 0 Å². The van der Waals surface area contributed by atoms with Crippen molar-refractivity contribution >= 4 is 5.91 Å². The Bertz CT molecular complexity index is 968. The molecule has 356 valence electrons. The number of hydrogen-bond donors (Lipinski definition) is 7. The van der Waals surface area contributed by atoms with Crippen molar-refractivity contribution in [1.29, 1.82) is 0 Å². The van der Waals surface area contributed by atoms with E-state index < -0.39 is 55.6 Å². The molecule has 1 aliphatic rings. The van der Waals surface area contributed by atoms with Gasteiger partial charge < -0.3 is 45.4 Å². The Kier molecular flexibility index (Phi) is 38.6. The molecule has 1 rings (SSSR count). The fraction of sp³-hybridized carbons (Fsp3) is 0.940. The Morgan fingerprint density at radius 3 is 1.40 bits per heavy atom. The molecule has 1 amide bonds. The van der Waals surface area contributed by atoms with Gasteiger partial charge in [0, 0.05) is 6.42 Å². The number of amides is 1. The number of allylic oxidation sites excluding steroid dienone is 2. The molecule has 0 aromatic rings. The van der Waals surface area contributed by atoms with Crippen LogP contribution in [0.4, 0.5) is 0 Å². The van der Waals surface area contributed by atoms with Crippen LogP contribution in [-0.2, 0) is 14.3 Å². The molecule has 0 aromatic heterocycles. The van der Waals surface area contributed by atoms with Crippen LogP contribution in [0.1, 0.15) is 239 Å². The highest BCUT2D eigenvalue weighted by atomic mass is 16.7. The largest absolute Gasteiger partial charge is 0.394 e. The van der Waals surface area contributed by atoms with Crippen LogP contribution in [0.2, 0.25) is 0 Å². The summed E-state index contributed by atoms with van der Waals surface area (Å²) >= 11 is 0. The second kappa shape index (κ2) is 40.7. The van der Waals surface area contributed by atoms with Gasteiger partial charge in [-0.3, -0.25) is 4.79 Å². The van der Waals surface area contributed by atoms with Gasteiger partial charge in [-0.2, -0.15) is 0 Å². The Labute approximate surface area is 368 Å². The zero-order valence-corrected chi connectivity index (χ0v) is 38.8. The summed E-state index contributed by atoms with van der Waals surface area (Å²) < 4.78 is 11.2. The second-order valence-corrected chi connectivity index (χ2v) is 18.1. The van der Waals surface area contributed by atoms with Crippen LogP contribution in [0.5, 0.6) is 0 Å². The van der Waals surface area contributed by atoms with Crippen LogP contribution in [0.15, 0.2) is 12.2 Å². The Balaban J connectivity index is 2.28. The number of hydrogen-bond acceptors (Lipinski definition) is 9. The van der Waals surface area contributed by atoms with Crippen molar-refractivity contribution in [3.05, 3.63) is 12.2 Å². The van der Waals surface area contributed by atoms with Crippen molar-refractivity contribution in [2.24, 2.45) is 0 Å². The minimum Gasteiger partial charge on any atom is -0.394 e. The molecule has 1 heterocycles. The van der Waals surface area contributed by atoms with Crippen molar-refractivity contribution in [2.75, 3.05) is 13.2 Å². The van der Waals surface area contributed by atoms with Crippen molar-refractivity contribution < 1.29 is 44.9 Å². The summed E-state index contributed by atoms with van der Waals surface area (Å²) in [5.41, 5.74) is 0. The van der Waals surface area contributed by atoms with E-state index in [1.54, 1.807) is 0 Å². The third-order valence-corrected chi connectivity index (χ3v) is 12.5. The number of aliphatic hydroxyl groups excluding tert-OH is 6. The topological polar surface area (TPSA) is 169 Å². The number of rotatable bonds is 43. The van der Waals surface area contributed by atoms with Gasteiger partial charge in [-0.15, -0.1) is 0 Å². The zero-order chi connectivity index (χ0) is 43.9. The van der Waals surface area contributed by atoms with Gasteiger partial charge in [-0.25, -0.2) is 0 Å². The van der Waals surface area contributed by atoms with E-state index in [2.05, 4.69) is 31.3 Å². The molecule has 0 radical (unpaired) electrons. The fourth-order valence-electron chi connectivity index (χ4n) is 8.32. The van der Waals surface area contributed by atoms with E-state index in [0.29, 0.717) is 12.8 Å². The van der Waals surface area contributed by atoms with Gasteiger partial charge in [-0.05, 0) is 38.5 Å². The first kappa shape index (κ1) is 56.9. The van der Waals surface area contributed by atoms with E-state index in [0.717, 1.165) is 38.5 Å². The molecule has 0 bridgehead atoms. The fourth-order valence-corrected chi connectivity index (χ4v) is 8.32. The lowest BCUT2D eigenvalue weighted by Crippen LogP contribution is -2.60. The van der Waals surface area contributed by atoms with Gasteiger partial charge in [0.2, 0.25) is 5.91 Å². The van der Waals surface area contributed by atoms with E-state index in [9.17, 15) is 35.4 Å². The van der Waals surface area contributed by atoms with Crippen LogP contribution < -0.4 is 5.32 Å². The van der Waals surface area contributed by atoms with Crippen molar-refractivity contribution in [3.8, 4) is 0 Å². The minimum absolute atomic E-state index is 0.263. The number of nitrogens with one attached hydrogen (secondary N) is 1. The highest BCUT2D eigenvalue weighted by Gasteiger charge is 2.44. The second-order valence-electron chi connectivity index (χ2n) is 18.1. The lowest BCUT2D eigenvalue weighted by atomic mass is 9.99. The monoisotopic (exact) mass is 856 g/mol. The molecule has 1 aliphatic heterocycles. The van der Waals surface area contributed by atoms with Crippen molar-refractivity contribution in [1.82, 2.24) is 5.32 Å². The maximum Gasteiger partial charge on any atom is 0.220 e. The number of unbranched alkanes of at least 4 members (excludes halogenated alkanes) is 30. The van der Waals surface area contributed by atoms with Gasteiger partial charge >= 0.3 is 0 Å². The lowest BCUT2D eigenvalue weighted by Gasteiger charge is -2.40. The summed E-state index contributed by atoms with van der Waals surface area (Å²) in [4.78, 5) is 13.0. The van der Waals surface area contributed by atoms with Gasteiger partial charge in [0.25, 0.3) is 0 Å². The third-order valence-electron chi connectivity index (χ3n) is 12.5. The van der Waals surface area contributed by atoms with E-state index in [1.165, 1.54) is 167 Å².